The Bertz CT molecular complexity index is 710. The molecular formula is C10H10N4O3S2. The SMILES string of the molecule is NC(=O)c1ccc(S(=O)(=O)Nc2nccs2)c(N)c1. The van der Waals surface area contributed by atoms with Crippen molar-refractivity contribution in [3.8, 4) is 0 Å². The number of amides is 1. The molecule has 0 bridgehead atoms. The van der Waals surface area contributed by atoms with Gasteiger partial charge in [-0.15, -0.1) is 11.3 Å². The number of hydrogen-bond donors (Lipinski definition) is 3. The van der Waals surface area contributed by atoms with Crippen LogP contribution in [0.2, 0.25) is 0 Å². The van der Waals surface area contributed by atoms with Crippen molar-refractivity contribution >= 4 is 38.1 Å². The zero-order valence-electron chi connectivity index (χ0n) is 9.53. The van der Waals surface area contributed by atoms with Crippen molar-refractivity contribution in [2.75, 3.05) is 10.5 Å². The van der Waals surface area contributed by atoms with E-state index in [1.807, 2.05) is 0 Å². The van der Waals surface area contributed by atoms with Crippen molar-refractivity contribution < 1.29 is 13.2 Å². The molecule has 0 fully saturated rings. The predicted octanol–water partition coefficient (Wildman–Crippen LogP) is 0.625. The summed E-state index contributed by atoms with van der Waals surface area (Å²) in [7, 11) is -3.84. The maximum absolute atomic E-state index is 12.1. The van der Waals surface area contributed by atoms with Gasteiger partial charge in [-0.3, -0.25) is 9.52 Å². The quantitative estimate of drug-likeness (QED) is 0.713. The first-order chi connectivity index (χ1) is 8.90. The first kappa shape index (κ1) is 13.3. The van der Waals surface area contributed by atoms with Crippen LogP contribution in [0.4, 0.5) is 10.8 Å². The lowest BCUT2D eigenvalue weighted by Crippen LogP contribution is -2.16. The van der Waals surface area contributed by atoms with E-state index in [9.17, 15) is 13.2 Å². The van der Waals surface area contributed by atoms with E-state index >= 15 is 0 Å². The van der Waals surface area contributed by atoms with Gasteiger partial charge in [-0.1, -0.05) is 0 Å². The van der Waals surface area contributed by atoms with Crippen LogP contribution in [0.25, 0.3) is 0 Å². The van der Waals surface area contributed by atoms with Gasteiger partial charge in [-0.25, -0.2) is 13.4 Å². The van der Waals surface area contributed by atoms with Crippen LogP contribution in [-0.2, 0) is 10.0 Å². The Morgan fingerprint density at radius 1 is 1.37 bits per heavy atom. The highest BCUT2D eigenvalue weighted by molar-refractivity contribution is 7.93. The molecule has 1 heterocycles. The number of anilines is 2. The number of benzene rings is 1. The predicted molar refractivity (Wildman–Crippen MR) is 72.3 cm³/mol. The van der Waals surface area contributed by atoms with Gasteiger partial charge in [0.1, 0.15) is 4.90 Å². The summed E-state index contributed by atoms with van der Waals surface area (Å²) in [5.41, 5.74) is 10.8. The average Bonchev–Trinajstić information content (AvgIpc) is 2.80. The van der Waals surface area contributed by atoms with Gasteiger partial charge in [0.25, 0.3) is 10.0 Å². The van der Waals surface area contributed by atoms with Gasteiger partial charge in [-0.05, 0) is 18.2 Å². The lowest BCUT2D eigenvalue weighted by Gasteiger charge is -2.08. The van der Waals surface area contributed by atoms with Crippen LogP contribution in [0, 0.1) is 0 Å². The second-order valence-electron chi connectivity index (χ2n) is 3.56. The van der Waals surface area contributed by atoms with E-state index in [0.29, 0.717) is 0 Å². The molecule has 1 aromatic heterocycles. The highest BCUT2D eigenvalue weighted by Gasteiger charge is 2.19. The second kappa shape index (κ2) is 4.86. The average molecular weight is 298 g/mol. The van der Waals surface area contributed by atoms with E-state index < -0.39 is 15.9 Å². The smallest absolute Gasteiger partial charge is 0.265 e. The van der Waals surface area contributed by atoms with Crippen molar-refractivity contribution in [3.63, 3.8) is 0 Å². The van der Waals surface area contributed by atoms with Gasteiger partial charge in [-0.2, -0.15) is 0 Å². The number of carbonyl (C=O) groups excluding carboxylic acids is 1. The van der Waals surface area contributed by atoms with Crippen molar-refractivity contribution in [3.05, 3.63) is 35.3 Å². The number of aromatic nitrogens is 1. The van der Waals surface area contributed by atoms with Crippen molar-refractivity contribution in [1.82, 2.24) is 4.98 Å². The molecule has 100 valence electrons. The number of thiazole rings is 1. The van der Waals surface area contributed by atoms with Crippen LogP contribution >= 0.6 is 11.3 Å². The Morgan fingerprint density at radius 2 is 2.11 bits per heavy atom. The van der Waals surface area contributed by atoms with Crippen LogP contribution in [0.15, 0.2) is 34.7 Å². The number of sulfonamides is 1. The van der Waals surface area contributed by atoms with E-state index in [2.05, 4.69) is 9.71 Å². The minimum Gasteiger partial charge on any atom is -0.398 e. The number of nitrogens with two attached hydrogens (primary N) is 2. The van der Waals surface area contributed by atoms with Crippen LogP contribution in [0.1, 0.15) is 10.4 Å². The summed E-state index contributed by atoms with van der Waals surface area (Å²) < 4.78 is 26.4. The van der Waals surface area contributed by atoms with Gasteiger partial charge in [0.2, 0.25) is 5.91 Å². The van der Waals surface area contributed by atoms with Gasteiger partial charge >= 0.3 is 0 Å². The van der Waals surface area contributed by atoms with E-state index in [0.717, 1.165) is 11.3 Å². The molecule has 2 aromatic rings. The van der Waals surface area contributed by atoms with E-state index in [1.54, 1.807) is 5.38 Å². The fourth-order valence-corrected chi connectivity index (χ4v) is 3.29. The summed E-state index contributed by atoms with van der Waals surface area (Å²) in [4.78, 5) is 14.6. The topological polar surface area (TPSA) is 128 Å². The number of nitrogens with zero attached hydrogens (tertiary/aromatic N) is 1. The van der Waals surface area contributed by atoms with Crippen molar-refractivity contribution in [2.45, 2.75) is 4.90 Å². The molecule has 0 aliphatic rings. The van der Waals surface area contributed by atoms with Crippen LogP contribution in [0.5, 0.6) is 0 Å². The Balaban J connectivity index is 2.38. The Morgan fingerprint density at radius 3 is 2.63 bits per heavy atom. The van der Waals surface area contributed by atoms with E-state index in [-0.39, 0.29) is 21.3 Å². The van der Waals surface area contributed by atoms with Crippen molar-refractivity contribution in [2.24, 2.45) is 5.73 Å². The first-order valence-electron chi connectivity index (χ1n) is 5.02. The normalized spacial score (nSPS) is 11.2. The Labute approximate surface area is 113 Å². The highest BCUT2D eigenvalue weighted by Crippen LogP contribution is 2.23. The molecule has 0 saturated carbocycles. The summed E-state index contributed by atoms with van der Waals surface area (Å²) in [5, 5.41) is 1.87. The maximum atomic E-state index is 12.1. The zero-order chi connectivity index (χ0) is 14.0. The molecule has 1 aromatic carbocycles. The minimum absolute atomic E-state index is 0.0552. The largest absolute Gasteiger partial charge is 0.398 e. The van der Waals surface area contributed by atoms with Gasteiger partial charge in [0.15, 0.2) is 5.13 Å². The zero-order valence-corrected chi connectivity index (χ0v) is 11.2. The van der Waals surface area contributed by atoms with Crippen LogP contribution in [0.3, 0.4) is 0 Å². The van der Waals surface area contributed by atoms with E-state index in [1.165, 1.54) is 24.4 Å². The molecule has 0 unspecified atom stereocenters. The molecule has 19 heavy (non-hydrogen) atoms. The third-order valence-corrected chi connectivity index (χ3v) is 4.47. The minimum atomic E-state index is -3.84. The molecule has 1 amide bonds. The summed E-state index contributed by atoms with van der Waals surface area (Å²) in [6.45, 7) is 0. The molecule has 2 rings (SSSR count). The molecule has 0 spiro atoms. The maximum Gasteiger partial charge on any atom is 0.265 e. The molecule has 5 N–H and O–H groups in total. The second-order valence-corrected chi connectivity index (χ2v) is 6.11. The monoisotopic (exact) mass is 298 g/mol. The van der Waals surface area contributed by atoms with Crippen LogP contribution < -0.4 is 16.2 Å². The van der Waals surface area contributed by atoms with Gasteiger partial charge in [0, 0.05) is 17.1 Å². The molecule has 0 saturated heterocycles. The Hall–Kier alpha value is -2.13. The lowest BCUT2D eigenvalue weighted by molar-refractivity contribution is 0.1000. The molecule has 9 heteroatoms. The third kappa shape index (κ3) is 2.83. The Kier molecular flexibility index (Phi) is 3.40. The molecular weight excluding hydrogens is 288 g/mol. The first-order valence-corrected chi connectivity index (χ1v) is 7.38. The van der Waals surface area contributed by atoms with Crippen LogP contribution in [-0.4, -0.2) is 19.3 Å². The highest BCUT2D eigenvalue weighted by atomic mass is 32.2. The molecule has 0 atom stereocenters. The molecule has 0 aliphatic carbocycles. The number of rotatable bonds is 4. The number of nitrogen functional groups attached to an aromatic ring is 1. The fraction of sp³-hybridized carbons (Fsp3) is 0. The number of primary amides is 1. The summed E-state index contributed by atoms with van der Waals surface area (Å²) in [6.07, 6.45) is 1.47. The number of nitrogens with one attached hydrogen (secondary N) is 1. The summed E-state index contributed by atoms with van der Waals surface area (Å²) in [5.74, 6) is -0.677. The van der Waals surface area contributed by atoms with Gasteiger partial charge in [0.05, 0.1) is 5.69 Å². The fourth-order valence-electron chi connectivity index (χ4n) is 1.39. The lowest BCUT2D eigenvalue weighted by atomic mass is 10.2. The summed E-state index contributed by atoms with van der Waals surface area (Å²) >= 11 is 1.14. The summed E-state index contributed by atoms with van der Waals surface area (Å²) in [6, 6.07) is 3.75. The van der Waals surface area contributed by atoms with Gasteiger partial charge < -0.3 is 11.5 Å². The van der Waals surface area contributed by atoms with E-state index in [4.69, 9.17) is 11.5 Å². The number of hydrogen-bond acceptors (Lipinski definition) is 6. The third-order valence-electron chi connectivity index (χ3n) is 2.24. The number of carbonyl (C=O) groups is 1. The van der Waals surface area contributed by atoms with Crippen molar-refractivity contribution in [1.29, 1.82) is 0 Å². The molecule has 7 nitrogen and oxygen atoms in total. The molecule has 0 radical (unpaired) electrons. The molecule has 0 aliphatic heterocycles. The standard InChI is InChI=1S/C10H10N4O3S2/c11-7-5-6(9(12)15)1-2-8(7)19(16,17)14-10-13-3-4-18-10/h1-5H,11H2,(H2,12,15)(H,13,14).